The molecule has 3 rings (SSSR count). The summed E-state index contributed by atoms with van der Waals surface area (Å²) in [6, 6.07) is 0. The number of anilines is 1. The number of methoxy groups -OCH3 is 1. The second kappa shape index (κ2) is 7.11. The minimum absolute atomic E-state index is 0.0302. The highest BCUT2D eigenvalue weighted by atomic mass is 16.6. The van der Waals surface area contributed by atoms with Gasteiger partial charge in [0, 0.05) is 13.0 Å². The van der Waals surface area contributed by atoms with Gasteiger partial charge < -0.3 is 19.7 Å². The molecular weight excluding hydrogens is 346 g/mol. The van der Waals surface area contributed by atoms with Crippen LogP contribution < -0.4 is 10.9 Å². The molecule has 4 N–H and O–H groups in total. The zero-order valence-corrected chi connectivity index (χ0v) is 14.5. The third-order valence-corrected chi connectivity index (χ3v) is 4.23. The van der Waals surface area contributed by atoms with Gasteiger partial charge in [-0.15, -0.1) is 0 Å². The molecule has 2 aromatic rings. The number of nitrogens with one attached hydrogen (secondary N) is 2. The number of imidazole rings is 1. The lowest BCUT2D eigenvalue weighted by Gasteiger charge is -2.18. The number of rotatable bonds is 5. The van der Waals surface area contributed by atoms with Crippen LogP contribution >= 0.6 is 0 Å². The second-order valence-electron chi connectivity index (χ2n) is 6.32. The molecule has 142 valence electrons. The van der Waals surface area contributed by atoms with Gasteiger partial charge in [0.25, 0.3) is 5.56 Å². The van der Waals surface area contributed by atoms with E-state index in [0.29, 0.717) is 0 Å². The van der Waals surface area contributed by atoms with Gasteiger partial charge in [-0.2, -0.15) is 4.98 Å². The number of hydrogen-bond acceptors (Lipinski definition) is 8. The van der Waals surface area contributed by atoms with E-state index in [9.17, 15) is 19.8 Å². The van der Waals surface area contributed by atoms with E-state index in [2.05, 4.69) is 20.3 Å². The molecule has 26 heavy (non-hydrogen) atoms. The van der Waals surface area contributed by atoms with Gasteiger partial charge in [0.2, 0.25) is 11.9 Å². The van der Waals surface area contributed by atoms with Crippen LogP contribution in [-0.2, 0) is 14.3 Å². The number of carbonyl (C=O) groups is 1. The summed E-state index contributed by atoms with van der Waals surface area (Å²) >= 11 is 0. The van der Waals surface area contributed by atoms with Crippen LogP contribution in [0.3, 0.4) is 0 Å². The van der Waals surface area contributed by atoms with Gasteiger partial charge >= 0.3 is 0 Å². The Labute approximate surface area is 148 Å². The summed E-state index contributed by atoms with van der Waals surface area (Å²) in [6.07, 6.45) is -2.24. The number of aromatic amines is 1. The normalized spacial score (nSPS) is 25.9. The Morgan fingerprint density at radius 3 is 2.85 bits per heavy atom. The van der Waals surface area contributed by atoms with Crippen LogP contribution in [0.25, 0.3) is 11.2 Å². The quantitative estimate of drug-likeness (QED) is 0.524. The Balaban J connectivity index is 2.01. The predicted octanol–water partition coefficient (Wildman–Crippen LogP) is -1.02. The topological polar surface area (TPSA) is 152 Å². The lowest BCUT2D eigenvalue weighted by atomic mass is 10.1. The average Bonchev–Trinajstić information content (AvgIpc) is 3.15. The van der Waals surface area contributed by atoms with Crippen molar-refractivity contribution in [1.82, 2.24) is 19.5 Å². The van der Waals surface area contributed by atoms with Crippen LogP contribution in [0.5, 0.6) is 0 Å². The fourth-order valence-electron chi connectivity index (χ4n) is 2.82. The van der Waals surface area contributed by atoms with Crippen molar-refractivity contribution in [2.24, 2.45) is 5.92 Å². The van der Waals surface area contributed by atoms with Crippen molar-refractivity contribution in [3.63, 3.8) is 0 Å². The van der Waals surface area contributed by atoms with Crippen LogP contribution in [0.2, 0.25) is 0 Å². The van der Waals surface area contributed by atoms with Gasteiger partial charge in [-0.1, -0.05) is 13.8 Å². The van der Waals surface area contributed by atoms with Gasteiger partial charge in [-0.25, -0.2) is 4.98 Å². The van der Waals surface area contributed by atoms with Crippen LogP contribution in [0.15, 0.2) is 11.1 Å². The molecule has 0 spiro atoms. The molecular formula is C15H21N5O6. The van der Waals surface area contributed by atoms with E-state index >= 15 is 0 Å². The van der Waals surface area contributed by atoms with E-state index in [-0.39, 0.29) is 35.5 Å². The Bertz CT molecular complexity index is 862. The minimum atomic E-state index is -1.11. The molecule has 1 aliphatic heterocycles. The maximum atomic E-state index is 12.2. The van der Waals surface area contributed by atoms with Crippen molar-refractivity contribution in [3.05, 3.63) is 16.7 Å². The highest BCUT2D eigenvalue weighted by Gasteiger charge is 2.45. The predicted molar refractivity (Wildman–Crippen MR) is 89.4 cm³/mol. The molecule has 11 nitrogen and oxygen atoms in total. The van der Waals surface area contributed by atoms with Crippen molar-refractivity contribution in [1.29, 1.82) is 0 Å². The number of aromatic nitrogens is 4. The number of fused-ring (bicyclic) bond motifs is 1. The van der Waals surface area contributed by atoms with Crippen molar-refractivity contribution in [3.8, 4) is 0 Å². The lowest BCUT2D eigenvalue weighted by Crippen LogP contribution is -2.35. The first kappa shape index (κ1) is 18.5. The zero-order valence-electron chi connectivity index (χ0n) is 14.5. The Morgan fingerprint density at radius 1 is 1.54 bits per heavy atom. The summed E-state index contributed by atoms with van der Waals surface area (Å²) in [4.78, 5) is 34.7. The Morgan fingerprint density at radius 2 is 2.27 bits per heavy atom. The third-order valence-electron chi connectivity index (χ3n) is 4.23. The van der Waals surface area contributed by atoms with E-state index in [0.717, 1.165) is 0 Å². The first-order chi connectivity index (χ1) is 12.4. The molecule has 0 radical (unpaired) electrons. The molecule has 0 aliphatic carbocycles. The summed E-state index contributed by atoms with van der Waals surface area (Å²) in [5.41, 5.74) is -0.377. The molecule has 11 heteroatoms. The number of hydrogen-bond donors (Lipinski definition) is 4. The number of amides is 1. The van der Waals surface area contributed by atoms with E-state index in [4.69, 9.17) is 9.47 Å². The average molecular weight is 367 g/mol. The minimum Gasteiger partial charge on any atom is -0.394 e. The van der Waals surface area contributed by atoms with Crippen LogP contribution in [0, 0.1) is 5.92 Å². The molecule has 3 unspecified atom stereocenters. The Hall–Kier alpha value is -2.34. The number of aliphatic hydroxyl groups excluding tert-OH is 2. The molecule has 1 fully saturated rings. The van der Waals surface area contributed by atoms with Crippen LogP contribution in [-0.4, -0.2) is 67.7 Å². The third kappa shape index (κ3) is 3.09. The van der Waals surface area contributed by atoms with E-state index in [1.807, 2.05) is 0 Å². The van der Waals surface area contributed by atoms with Crippen molar-refractivity contribution < 1.29 is 24.5 Å². The molecule has 0 aromatic carbocycles. The van der Waals surface area contributed by atoms with Gasteiger partial charge in [-0.3, -0.25) is 24.5 Å². The molecule has 3 heterocycles. The number of H-pyrrole nitrogens is 1. The van der Waals surface area contributed by atoms with Crippen LogP contribution in [0.4, 0.5) is 5.95 Å². The first-order valence-corrected chi connectivity index (χ1v) is 8.12. The Kier molecular flexibility index (Phi) is 5.05. The molecule has 4 atom stereocenters. The monoisotopic (exact) mass is 367 g/mol. The van der Waals surface area contributed by atoms with Crippen molar-refractivity contribution in [2.45, 2.75) is 38.4 Å². The fraction of sp³-hybridized carbons (Fsp3) is 0.600. The summed E-state index contributed by atoms with van der Waals surface area (Å²) in [6.45, 7) is 3.07. The van der Waals surface area contributed by atoms with E-state index in [1.165, 1.54) is 18.0 Å². The van der Waals surface area contributed by atoms with Gasteiger partial charge in [0.05, 0.1) is 12.9 Å². The summed E-state index contributed by atoms with van der Waals surface area (Å²) in [5.74, 6) is -0.637. The van der Waals surface area contributed by atoms with Crippen LogP contribution in [0.1, 0.15) is 20.1 Å². The summed E-state index contributed by atoms with van der Waals surface area (Å²) in [7, 11) is 1.40. The SMILES string of the molecule is COC1C(CO)O[C@@H](n2cnc3c(=O)[nH]c(NC(=O)C(C)C)nc32)C1O. The molecule has 0 saturated carbocycles. The maximum absolute atomic E-state index is 12.2. The fourth-order valence-corrected chi connectivity index (χ4v) is 2.82. The molecule has 0 bridgehead atoms. The lowest BCUT2D eigenvalue weighted by molar-refractivity contribution is -0.118. The number of nitrogens with zero attached hydrogens (tertiary/aromatic N) is 3. The molecule has 1 aliphatic rings. The van der Waals surface area contributed by atoms with Gasteiger partial charge in [0.15, 0.2) is 17.4 Å². The van der Waals surface area contributed by atoms with E-state index < -0.39 is 30.1 Å². The largest absolute Gasteiger partial charge is 0.394 e. The maximum Gasteiger partial charge on any atom is 0.280 e. The number of aliphatic hydroxyl groups is 2. The highest BCUT2D eigenvalue weighted by Crippen LogP contribution is 2.32. The number of carbonyl (C=O) groups excluding carboxylic acids is 1. The molecule has 1 amide bonds. The van der Waals surface area contributed by atoms with E-state index in [1.54, 1.807) is 13.8 Å². The van der Waals surface area contributed by atoms with Crippen molar-refractivity contribution in [2.75, 3.05) is 19.0 Å². The molecule has 2 aromatic heterocycles. The van der Waals surface area contributed by atoms with Crippen molar-refractivity contribution >= 4 is 23.0 Å². The molecule has 1 saturated heterocycles. The second-order valence-corrected chi connectivity index (χ2v) is 6.32. The smallest absolute Gasteiger partial charge is 0.280 e. The van der Waals surface area contributed by atoms with Gasteiger partial charge in [0.1, 0.15) is 18.3 Å². The van der Waals surface area contributed by atoms with Gasteiger partial charge in [-0.05, 0) is 0 Å². The summed E-state index contributed by atoms with van der Waals surface area (Å²) < 4.78 is 12.2. The zero-order chi connectivity index (χ0) is 19.0. The summed E-state index contributed by atoms with van der Waals surface area (Å²) in [5, 5.41) is 22.4. The first-order valence-electron chi connectivity index (χ1n) is 8.12. The highest BCUT2D eigenvalue weighted by molar-refractivity contribution is 5.91. The number of ether oxygens (including phenoxy) is 2. The standard InChI is InChI=1S/C15H21N5O6/c1-6(2)12(23)18-15-17-11-8(13(24)19-15)16-5-20(11)14-9(22)10(25-3)7(4-21)26-14/h5-7,9-10,14,21-22H,4H2,1-3H3,(H2,17,18,19,23,24)/t7?,9?,10?,14-/m1/s1.